The highest BCUT2D eigenvalue weighted by Gasteiger charge is 2.05. The second-order valence-electron chi connectivity index (χ2n) is 2.55. The number of aliphatic hydroxyl groups is 1. The van der Waals surface area contributed by atoms with Gasteiger partial charge in [-0.2, -0.15) is 0 Å². The van der Waals surface area contributed by atoms with Gasteiger partial charge in [0.2, 0.25) is 5.91 Å². The summed E-state index contributed by atoms with van der Waals surface area (Å²) in [4.78, 5) is 21.8. The van der Waals surface area contributed by atoms with E-state index in [1.807, 2.05) is 0 Å². The third-order valence-corrected chi connectivity index (χ3v) is 1.37. The first-order valence-corrected chi connectivity index (χ1v) is 4.09. The third kappa shape index (κ3) is 7.42. The fourth-order valence-corrected chi connectivity index (χ4v) is 0.770. The Morgan fingerprint density at radius 3 is 2.62 bits per heavy atom. The molecule has 0 aliphatic carbocycles. The van der Waals surface area contributed by atoms with Gasteiger partial charge in [-0.1, -0.05) is 0 Å². The van der Waals surface area contributed by atoms with E-state index in [2.05, 4.69) is 10.1 Å². The molecule has 5 heteroatoms. The number of hydrogen-bond acceptors (Lipinski definition) is 4. The van der Waals surface area contributed by atoms with Crippen LogP contribution in [-0.2, 0) is 14.3 Å². The highest BCUT2D eigenvalue weighted by Crippen LogP contribution is 1.91. The van der Waals surface area contributed by atoms with Crippen molar-refractivity contribution < 1.29 is 19.4 Å². The highest BCUT2D eigenvalue weighted by molar-refractivity contribution is 5.85. The molecule has 0 radical (unpaired) electrons. The summed E-state index contributed by atoms with van der Waals surface area (Å²) in [5, 5.41) is 10.8. The van der Waals surface area contributed by atoms with E-state index < -0.39 is 0 Å². The van der Waals surface area contributed by atoms with Crippen LogP contribution in [0.5, 0.6) is 0 Å². The molecule has 0 rings (SSSR count). The van der Waals surface area contributed by atoms with Gasteiger partial charge in [-0.05, 0) is 0 Å². The van der Waals surface area contributed by atoms with Gasteiger partial charge in [-0.3, -0.25) is 9.59 Å². The van der Waals surface area contributed by atoms with Crippen molar-refractivity contribution in [2.24, 2.45) is 0 Å². The second kappa shape index (κ2) is 7.70. The number of ether oxygens (including phenoxy) is 1. The predicted molar refractivity (Wildman–Crippen MR) is 46.2 cm³/mol. The molecule has 0 fully saturated rings. The number of methoxy groups -OCH3 is 1. The summed E-state index contributed by atoms with van der Waals surface area (Å²) in [7, 11) is 1.43. The minimum Gasteiger partial charge on any atom is -0.395 e. The lowest BCUT2D eigenvalue weighted by molar-refractivity contribution is -0.127. The standard InChI is InChI=1S/C8H15NO4/c1-13-6-7(11)2-3-8(12)9-4-5-10/h10H,2-6H2,1H3,(H,9,12). The lowest BCUT2D eigenvalue weighted by atomic mass is 10.2. The van der Waals surface area contributed by atoms with Crippen molar-refractivity contribution >= 4 is 11.7 Å². The van der Waals surface area contributed by atoms with Crippen LogP contribution >= 0.6 is 0 Å². The van der Waals surface area contributed by atoms with Gasteiger partial charge in [-0.15, -0.1) is 0 Å². The molecule has 0 aromatic carbocycles. The Morgan fingerprint density at radius 2 is 2.08 bits per heavy atom. The van der Waals surface area contributed by atoms with Gasteiger partial charge in [-0.25, -0.2) is 0 Å². The minimum absolute atomic E-state index is 0.0489. The number of aliphatic hydroxyl groups excluding tert-OH is 1. The number of carbonyl (C=O) groups is 2. The van der Waals surface area contributed by atoms with Gasteiger partial charge < -0.3 is 15.2 Å². The van der Waals surface area contributed by atoms with Crippen LogP contribution in [0.25, 0.3) is 0 Å². The van der Waals surface area contributed by atoms with Crippen LogP contribution in [0.15, 0.2) is 0 Å². The van der Waals surface area contributed by atoms with Gasteiger partial charge in [0, 0.05) is 26.5 Å². The molecule has 0 spiro atoms. The maximum atomic E-state index is 10.9. The molecule has 0 unspecified atom stereocenters. The SMILES string of the molecule is COCC(=O)CCC(=O)NCCO. The summed E-state index contributed by atoms with van der Waals surface area (Å²) < 4.78 is 4.60. The Balaban J connectivity index is 3.40. The summed E-state index contributed by atoms with van der Waals surface area (Å²) >= 11 is 0. The van der Waals surface area contributed by atoms with Gasteiger partial charge in [0.05, 0.1) is 6.61 Å². The smallest absolute Gasteiger partial charge is 0.220 e. The van der Waals surface area contributed by atoms with Crippen LogP contribution < -0.4 is 5.32 Å². The Morgan fingerprint density at radius 1 is 1.38 bits per heavy atom. The zero-order chi connectivity index (χ0) is 10.1. The van der Waals surface area contributed by atoms with Crippen molar-refractivity contribution in [3.63, 3.8) is 0 Å². The zero-order valence-electron chi connectivity index (χ0n) is 7.71. The Labute approximate surface area is 77.1 Å². The normalized spacial score (nSPS) is 9.69. The van der Waals surface area contributed by atoms with Gasteiger partial charge >= 0.3 is 0 Å². The summed E-state index contributed by atoms with van der Waals surface area (Å²) in [6, 6.07) is 0. The van der Waals surface area contributed by atoms with Crippen molar-refractivity contribution in [1.29, 1.82) is 0 Å². The van der Waals surface area contributed by atoms with Gasteiger partial charge in [0.1, 0.15) is 6.61 Å². The molecule has 1 amide bonds. The summed E-state index contributed by atoms with van der Waals surface area (Å²) in [5.74, 6) is -0.319. The lowest BCUT2D eigenvalue weighted by Gasteiger charge is -2.01. The van der Waals surface area contributed by atoms with E-state index >= 15 is 0 Å². The molecule has 5 nitrogen and oxygen atoms in total. The molecule has 0 saturated carbocycles. The van der Waals surface area contributed by atoms with Crippen molar-refractivity contribution in [1.82, 2.24) is 5.32 Å². The highest BCUT2D eigenvalue weighted by atomic mass is 16.5. The van der Waals surface area contributed by atoms with Crippen molar-refractivity contribution in [3.05, 3.63) is 0 Å². The number of ketones is 1. The van der Waals surface area contributed by atoms with E-state index in [1.54, 1.807) is 0 Å². The lowest BCUT2D eigenvalue weighted by Crippen LogP contribution is -2.26. The van der Waals surface area contributed by atoms with E-state index in [0.717, 1.165) is 0 Å². The Kier molecular flexibility index (Phi) is 7.14. The number of amides is 1. The average molecular weight is 189 g/mol. The van der Waals surface area contributed by atoms with Crippen LogP contribution in [0, 0.1) is 0 Å². The van der Waals surface area contributed by atoms with Crippen LogP contribution in [0.4, 0.5) is 0 Å². The van der Waals surface area contributed by atoms with E-state index in [4.69, 9.17) is 5.11 Å². The number of nitrogens with one attached hydrogen (secondary N) is 1. The zero-order valence-corrected chi connectivity index (χ0v) is 7.71. The van der Waals surface area contributed by atoms with Crippen LogP contribution in [-0.4, -0.2) is 43.7 Å². The van der Waals surface area contributed by atoms with Crippen molar-refractivity contribution in [3.8, 4) is 0 Å². The van der Waals surface area contributed by atoms with Crippen LogP contribution in [0.1, 0.15) is 12.8 Å². The average Bonchev–Trinajstić information content (AvgIpc) is 2.12. The number of hydrogen-bond donors (Lipinski definition) is 2. The minimum atomic E-state index is -0.224. The predicted octanol–water partition coefficient (Wildman–Crippen LogP) is -0.909. The molecule has 13 heavy (non-hydrogen) atoms. The van der Waals surface area contributed by atoms with Crippen LogP contribution in [0.3, 0.4) is 0 Å². The molecule has 0 saturated heterocycles. The molecule has 0 heterocycles. The molecule has 0 aromatic heterocycles. The van der Waals surface area contributed by atoms with Crippen molar-refractivity contribution in [2.45, 2.75) is 12.8 Å². The van der Waals surface area contributed by atoms with E-state index in [1.165, 1.54) is 7.11 Å². The summed E-state index contributed by atoms with van der Waals surface area (Å²) in [6.45, 7) is 0.197. The number of rotatable bonds is 7. The molecule has 0 aliphatic rings. The first-order chi connectivity index (χ1) is 6.20. The van der Waals surface area contributed by atoms with E-state index in [9.17, 15) is 9.59 Å². The molecule has 0 bridgehead atoms. The monoisotopic (exact) mass is 189 g/mol. The summed E-state index contributed by atoms with van der Waals surface area (Å²) in [6.07, 6.45) is 0.341. The quantitative estimate of drug-likeness (QED) is 0.543. The Hall–Kier alpha value is -0.940. The van der Waals surface area contributed by atoms with E-state index in [-0.39, 0.29) is 44.3 Å². The summed E-state index contributed by atoms with van der Waals surface area (Å²) in [5.41, 5.74) is 0. The molecular weight excluding hydrogens is 174 g/mol. The largest absolute Gasteiger partial charge is 0.395 e. The number of Topliss-reactive ketones (excluding diaryl/α,β-unsaturated/α-hetero) is 1. The van der Waals surface area contributed by atoms with E-state index in [0.29, 0.717) is 0 Å². The topological polar surface area (TPSA) is 75.6 Å². The first kappa shape index (κ1) is 12.1. The second-order valence-corrected chi connectivity index (χ2v) is 2.55. The van der Waals surface area contributed by atoms with Crippen molar-refractivity contribution in [2.75, 3.05) is 26.9 Å². The fourth-order valence-electron chi connectivity index (χ4n) is 0.770. The molecular formula is C8H15NO4. The maximum Gasteiger partial charge on any atom is 0.220 e. The first-order valence-electron chi connectivity index (χ1n) is 4.09. The molecule has 2 N–H and O–H groups in total. The molecule has 0 aliphatic heterocycles. The third-order valence-electron chi connectivity index (χ3n) is 1.37. The molecule has 0 aromatic rings. The number of carbonyl (C=O) groups excluding carboxylic acids is 2. The maximum absolute atomic E-state index is 10.9. The Bertz CT molecular complexity index is 170. The van der Waals surface area contributed by atoms with Gasteiger partial charge in [0.15, 0.2) is 5.78 Å². The fraction of sp³-hybridized carbons (Fsp3) is 0.750. The molecule has 76 valence electrons. The van der Waals surface area contributed by atoms with Crippen LogP contribution in [0.2, 0.25) is 0 Å². The molecule has 0 atom stereocenters. The van der Waals surface area contributed by atoms with Gasteiger partial charge in [0.25, 0.3) is 0 Å².